The number of ether oxygens (including phenoxy) is 2. The molecule has 5 rings (SSSR count). The van der Waals surface area contributed by atoms with E-state index in [1.165, 1.54) is 13.4 Å². The fourth-order valence-corrected chi connectivity index (χ4v) is 10.5. The van der Waals surface area contributed by atoms with Crippen LogP contribution in [0.4, 0.5) is 5.82 Å². The van der Waals surface area contributed by atoms with Crippen LogP contribution in [-0.2, 0) is 9.47 Å². The number of morpholine rings is 1. The Morgan fingerprint density at radius 1 is 1.31 bits per heavy atom. The van der Waals surface area contributed by atoms with Gasteiger partial charge in [0.15, 0.2) is 0 Å². The maximum absolute atomic E-state index is 6.02. The first-order chi connectivity index (χ1) is 14.0. The molecule has 0 aliphatic carbocycles. The number of hydrogen-bond acceptors (Lipinski definition) is 6. The standard InChI is InChI=1S/C20H27IN6O2/c1-14-12-28-9-7-26(14)18-10-16(21-5-8-29-20(2,3)13-21)15-11-23-27(19(15)24-18)17-4-6-22-25-17/h4,6,10-11,14H,5,7-9,12-13H2,1-3H3,(H,22,25)/t14-/m1/s1. The van der Waals surface area contributed by atoms with Gasteiger partial charge in [0.1, 0.15) is 0 Å². The van der Waals surface area contributed by atoms with E-state index in [0.717, 1.165) is 48.1 Å². The summed E-state index contributed by atoms with van der Waals surface area (Å²) in [5.41, 5.74) is 0.854. The van der Waals surface area contributed by atoms with Crippen LogP contribution in [0.15, 0.2) is 24.5 Å². The summed E-state index contributed by atoms with van der Waals surface area (Å²) in [5, 5.41) is 13.0. The van der Waals surface area contributed by atoms with Crippen LogP contribution in [0.2, 0.25) is 0 Å². The number of hydrogen-bond donors (Lipinski definition) is 1. The fraction of sp³-hybridized carbons (Fsp3) is 0.550. The number of halogens is 1. The summed E-state index contributed by atoms with van der Waals surface area (Å²) >= 11 is -1.44. The van der Waals surface area contributed by atoms with Crippen molar-refractivity contribution in [3.8, 4) is 5.82 Å². The van der Waals surface area contributed by atoms with Crippen LogP contribution in [0.3, 0.4) is 0 Å². The molecule has 9 heteroatoms. The first-order valence-electron chi connectivity index (χ1n) is 10.0. The third kappa shape index (κ3) is 3.64. The molecule has 0 saturated carbocycles. The Kier molecular flexibility index (Phi) is 4.99. The van der Waals surface area contributed by atoms with Gasteiger partial charge in [0, 0.05) is 0 Å². The van der Waals surface area contributed by atoms with Crippen molar-refractivity contribution in [2.75, 3.05) is 40.1 Å². The normalized spacial score (nSPS) is 23.6. The van der Waals surface area contributed by atoms with E-state index >= 15 is 0 Å². The van der Waals surface area contributed by atoms with E-state index in [1.54, 1.807) is 6.20 Å². The van der Waals surface area contributed by atoms with Gasteiger partial charge in [-0.1, -0.05) is 0 Å². The molecular formula is C20H27IN6O2. The summed E-state index contributed by atoms with van der Waals surface area (Å²) in [6.45, 7) is 9.82. The summed E-state index contributed by atoms with van der Waals surface area (Å²) in [6.07, 6.45) is 3.72. The molecule has 0 spiro atoms. The van der Waals surface area contributed by atoms with E-state index < -0.39 is 19.8 Å². The number of nitrogens with zero attached hydrogens (tertiary/aromatic N) is 5. The molecule has 0 amide bonds. The Morgan fingerprint density at radius 2 is 2.21 bits per heavy atom. The minimum absolute atomic E-state index is 0.0511. The predicted molar refractivity (Wildman–Crippen MR) is 121 cm³/mol. The molecule has 1 atom stereocenters. The first kappa shape index (κ1) is 19.3. The van der Waals surface area contributed by atoms with Gasteiger partial charge in [-0.15, -0.1) is 0 Å². The molecule has 8 nitrogen and oxygen atoms in total. The quantitative estimate of drug-likeness (QED) is 0.431. The van der Waals surface area contributed by atoms with Gasteiger partial charge in [0.05, 0.1) is 0 Å². The van der Waals surface area contributed by atoms with Crippen molar-refractivity contribution in [3.63, 3.8) is 0 Å². The SMILES string of the molecule is C[C@@H]1COCCN1c1cc(I2CCOC(C)(C)C2)c2cnn(-c3ccn[nH]3)c2n1. The zero-order valence-electron chi connectivity index (χ0n) is 17.1. The molecule has 0 aromatic carbocycles. The predicted octanol–water partition coefficient (Wildman–Crippen LogP) is 2.85. The van der Waals surface area contributed by atoms with Crippen LogP contribution in [0.1, 0.15) is 20.8 Å². The number of pyridine rings is 1. The second kappa shape index (κ2) is 7.51. The van der Waals surface area contributed by atoms with Crippen LogP contribution in [0.5, 0.6) is 0 Å². The molecule has 29 heavy (non-hydrogen) atoms. The minimum atomic E-state index is -1.44. The third-order valence-electron chi connectivity index (χ3n) is 5.42. The van der Waals surface area contributed by atoms with E-state index in [2.05, 4.69) is 47.0 Å². The number of nitrogens with one attached hydrogen (secondary N) is 1. The van der Waals surface area contributed by atoms with Crippen molar-refractivity contribution >= 4 is 36.7 Å². The topological polar surface area (TPSA) is 81.1 Å². The Hall–Kier alpha value is -1.72. The van der Waals surface area contributed by atoms with E-state index in [0.29, 0.717) is 6.04 Å². The number of anilines is 1. The van der Waals surface area contributed by atoms with Gasteiger partial charge >= 0.3 is 178 Å². The maximum atomic E-state index is 6.02. The van der Waals surface area contributed by atoms with Gasteiger partial charge in [0.2, 0.25) is 0 Å². The molecule has 0 unspecified atom stereocenters. The zero-order chi connectivity index (χ0) is 20.0. The molecular weight excluding hydrogens is 483 g/mol. The number of H-pyrrole nitrogens is 1. The van der Waals surface area contributed by atoms with Crippen LogP contribution >= 0.6 is 19.8 Å². The van der Waals surface area contributed by atoms with Crippen molar-refractivity contribution in [3.05, 3.63) is 28.1 Å². The monoisotopic (exact) mass is 510 g/mol. The molecule has 2 aliphatic heterocycles. The second-order valence-corrected chi connectivity index (χ2v) is 13.8. The summed E-state index contributed by atoms with van der Waals surface area (Å²) in [7, 11) is 0. The van der Waals surface area contributed by atoms with Crippen molar-refractivity contribution in [2.24, 2.45) is 0 Å². The average Bonchev–Trinajstić information content (AvgIpc) is 3.36. The molecule has 2 fully saturated rings. The molecule has 3 aromatic rings. The molecule has 3 aromatic heterocycles. The van der Waals surface area contributed by atoms with Crippen LogP contribution in [-0.4, -0.2) is 71.8 Å². The summed E-state index contributed by atoms with van der Waals surface area (Å²) in [6, 6.07) is 4.57. The number of aromatic amines is 1. The van der Waals surface area contributed by atoms with E-state index in [4.69, 9.17) is 14.5 Å². The van der Waals surface area contributed by atoms with Gasteiger partial charge < -0.3 is 0 Å². The van der Waals surface area contributed by atoms with Gasteiger partial charge in [-0.05, 0) is 0 Å². The summed E-state index contributed by atoms with van der Waals surface area (Å²) < 4.78 is 17.3. The number of aromatic nitrogens is 5. The van der Waals surface area contributed by atoms with E-state index in [9.17, 15) is 0 Å². The van der Waals surface area contributed by atoms with E-state index in [1.807, 2.05) is 16.9 Å². The molecule has 2 aliphatic rings. The molecule has 5 heterocycles. The Labute approximate surface area is 177 Å². The molecule has 0 radical (unpaired) electrons. The zero-order valence-corrected chi connectivity index (χ0v) is 19.2. The van der Waals surface area contributed by atoms with Crippen molar-refractivity contribution in [1.29, 1.82) is 0 Å². The molecule has 0 bridgehead atoms. The van der Waals surface area contributed by atoms with Gasteiger partial charge in [0.25, 0.3) is 0 Å². The molecule has 1 N–H and O–H groups in total. The molecule has 156 valence electrons. The number of fused-ring (bicyclic) bond motifs is 1. The average molecular weight is 510 g/mol. The number of rotatable bonds is 3. The van der Waals surface area contributed by atoms with Crippen molar-refractivity contribution < 1.29 is 9.47 Å². The van der Waals surface area contributed by atoms with Gasteiger partial charge in [-0.25, -0.2) is 0 Å². The van der Waals surface area contributed by atoms with Crippen molar-refractivity contribution in [2.45, 2.75) is 32.4 Å². The van der Waals surface area contributed by atoms with Crippen LogP contribution in [0.25, 0.3) is 16.9 Å². The first-order valence-corrected chi connectivity index (χ1v) is 14.1. The Balaban J connectivity index is 1.66. The van der Waals surface area contributed by atoms with Crippen LogP contribution < -0.4 is 4.90 Å². The van der Waals surface area contributed by atoms with Gasteiger partial charge in [-0.2, -0.15) is 0 Å². The Morgan fingerprint density at radius 3 is 2.97 bits per heavy atom. The number of alkyl halides is 2. The van der Waals surface area contributed by atoms with Crippen molar-refractivity contribution in [1.82, 2.24) is 25.0 Å². The van der Waals surface area contributed by atoms with E-state index in [-0.39, 0.29) is 5.60 Å². The Bertz CT molecular complexity index is 1000. The fourth-order valence-electron chi connectivity index (χ4n) is 4.00. The van der Waals surface area contributed by atoms with Crippen LogP contribution in [0, 0.1) is 3.57 Å². The van der Waals surface area contributed by atoms with Gasteiger partial charge in [-0.3, -0.25) is 0 Å². The molecule has 2 saturated heterocycles. The second-order valence-electron chi connectivity index (χ2n) is 8.20. The summed E-state index contributed by atoms with van der Waals surface area (Å²) in [5.74, 6) is 1.87. The summed E-state index contributed by atoms with van der Waals surface area (Å²) in [4.78, 5) is 7.45. The third-order valence-corrected chi connectivity index (χ3v) is 12.5.